The smallest absolute Gasteiger partial charge is 0.314 e. The van der Waals surface area contributed by atoms with Gasteiger partial charge in [-0.2, -0.15) is 4.80 Å². The molecule has 0 bridgehead atoms. The lowest BCUT2D eigenvalue weighted by Gasteiger charge is -2.25. The standard InChI is InChI=1S/C16H20N4O2/c21-16(22)14(13-9-5-2-6-10-13)15-17-19-20(18-15)11-12-7-3-1-4-8-12/h1,3-4,7-8,13-14H,2,5-6,9-11H2,(H,21,22). The van der Waals surface area contributed by atoms with Crippen LogP contribution < -0.4 is 0 Å². The van der Waals surface area contributed by atoms with Gasteiger partial charge in [-0.3, -0.25) is 4.79 Å². The van der Waals surface area contributed by atoms with Gasteiger partial charge in [0.25, 0.3) is 0 Å². The Labute approximate surface area is 129 Å². The Morgan fingerprint density at radius 1 is 1.23 bits per heavy atom. The maximum Gasteiger partial charge on any atom is 0.314 e. The van der Waals surface area contributed by atoms with Crippen molar-refractivity contribution in [3.8, 4) is 0 Å². The Morgan fingerprint density at radius 3 is 2.64 bits per heavy atom. The molecule has 0 aliphatic heterocycles. The normalized spacial score (nSPS) is 17.3. The molecule has 0 amide bonds. The van der Waals surface area contributed by atoms with E-state index in [4.69, 9.17) is 0 Å². The van der Waals surface area contributed by atoms with Crippen molar-refractivity contribution in [2.45, 2.75) is 44.6 Å². The Bertz CT molecular complexity index is 620. The molecule has 0 radical (unpaired) electrons. The van der Waals surface area contributed by atoms with Crippen LogP contribution in [0.1, 0.15) is 49.4 Å². The van der Waals surface area contributed by atoms with E-state index in [9.17, 15) is 9.90 Å². The predicted octanol–water partition coefficient (Wildman–Crippen LogP) is 2.47. The van der Waals surface area contributed by atoms with Crippen molar-refractivity contribution in [3.63, 3.8) is 0 Å². The van der Waals surface area contributed by atoms with Gasteiger partial charge >= 0.3 is 5.97 Å². The zero-order chi connectivity index (χ0) is 15.4. The first-order chi connectivity index (χ1) is 10.7. The lowest BCUT2D eigenvalue weighted by atomic mass is 9.79. The van der Waals surface area contributed by atoms with E-state index in [1.807, 2.05) is 30.3 Å². The van der Waals surface area contributed by atoms with E-state index in [2.05, 4.69) is 15.4 Å². The molecule has 1 unspecified atom stereocenters. The summed E-state index contributed by atoms with van der Waals surface area (Å²) in [6.07, 6.45) is 5.24. The number of carboxylic acid groups (broad SMARTS) is 1. The second kappa shape index (κ2) is 6.68. The van der Waals surface area contributed by atoms with E-state index in [1.54, 1.807) is 0 Å². The van der Waals surface area contributed by atoms with Crippen LogP contribution in [0.2, 0.25) is 0 Å². The summed E-state index contributed by atoms with van der Waals surface area (Å²) in [6, 6.07) is 9.83. The quantitative estimate of drug-likeness (QED) is 0.917. The largest absolute Gasteiger partial charge is 0.481 e. The molecule has 1 atom stereocenters. The molecule has 1 fully saturated rings. The van der Waals surface area contributed by atoms with Crippen LogP contribution in [0.5, 0.6) is 0 Å². The first-order valence-electron chi connectivity index (χ1n) is 7.78. The SMILES string of the molecule is O=C(O)C(c1nnn(Cc2ccccc2)n1)C1CCCCC1. The second-order valence-corrected chi connectivity index (χ2v) is 5.88. The molecule has 2 aromatic rings. The Morgan fingerprint density at radius 2 is 1.95 bits per heavy atom. The van der Waals surface area contributed by atoms with Gasteiger partial charge in [0.15, 0.2) is 5.82 Å². The molecule has 3 rings (SSSR count). The minimum Gasteiger partial charge on any atom is -0.481 e. The number of carboxylic acids is 1. The van der Waals surface area contributed by atoms with Gasteiger partial charge in [-0.1, -0.05) is 49.6 Å². The molecule has 22 heavy (non-hydrogen) atoms. The summed E-state index contributed by atoms with van der Waals surface area (Å²) in [6.45, 7) is 0.505. The van der Waals surface area contributed by atoms with Crippen LogP contribution in [0.3, 0.4) is 0 Å². The van der Waals surface area contributed by atoms with E-state index < -0.39 is 11.9 Å². The maximum atomic E-state index is 11.6. The fourth-order valence-electron chi connectivity index (χ4n) is 3.18. The maximum absolute atomic E-state index is 11.6. The molecular formula is C16H20N4O2. The Hall–Kier alpha value is -2.24. The number of tetrazole rings is 1. The summed E-state index contributed by atoms with van der Waals surface area (Å²) < 4.78 is 0. The highest BCUT2D eigenvalue weighted by Gasteiger charge is 2.34. The Kier molecular flexibility index (Phi) is 4.46. The van der Waals surface area contributed by atoms with Gasteiger partial charge < -0.3 is 5.11 Å². The average Bonchev–Trinajstić information content (AvgIpc) is 2.97. The van der Waals surface area contributed by atoms with Crippen LogP contribution in [0.4, 0.5) is 0 Å². The third kappa shape index (κ3) is 3.32. The first-order valence-corrected chi connectivity index (χ1v) is 7.78. The number of hydrogen-bond acceptors (Lipinski definition) is 4. The summed E-state index contributed by atoms with van der Waals surface area (Å²) in [7, 11) is 0. The minimum atomic E-state index is -0.842. The molecule has 116 valence electrons. The molecule has 1 saturated carbocycles. The van der Waals surface area contributed by atoms with Crippen LogP contribution in [-0.4, -0.2) is 31.3 Å². The fraction of sp³-hybridized carbons (Fsp3) is 0.500. The van der Waals surface area contributed by atoms with Gasteiger partial charge in [0.05, 0.1) is 6.54 Å². The predicted molar refractivity (Wildman–Crippen MR) is 80.3 cm³/mol. The number of aliphatic carboxylic acids is 1. The van der Waals surface area contributed by atoms with Gasteiger partial charge in [0.2, 0.25) is 0 Å². The first kappa shape index (κ1) is 14.7. The van der Waals surface area contributed by atoms with Crippen molar-refractivity contribution in [1.82, 2.24) is 20.2 Å². The number of nitrogens with zero attached hydrogens (tertiary/aromatic N) is 4. The zero-order valence-electron chi connectivity index (χ0n) is 12.4. The molecular weight excluding hydrogens is 280 g/mol. The van der Waals surface area contributed by atoms with Gasteiger partial charge in [0.1, 0.15) is 5.92 Å². The molecule has 0 saturated heterocycles. The third-order valence-electron chi connectivity index (χ3n) is 4.30. The average molecular weight is 300 g/mol. The van der Waals surface area contributed by atoms with Crippen molar-refractivity contribution in [1.29, 1.82) is 0 Å². The molecule has 0 spiro atoms. The summed E-state index contributed by atoms with van der Waals surface area (Å²) >= 11 is 0. The molecule has 6 nitrogen and oxygen atoms in total. The molecule has 1 heterocycles. The molecule has 1 aromatic carbocycles. The number of rotatable bonds is 5. The highest BCUT2D eigenvalue weighted by Crippen LogP contribution is 2.34. The van der Waals surface area contributed by atoms with E-state index in [0.29, 0.717) is 12.4 Å². The van der Waals surface area contributed by atoms with E-state index in [1.165, 1.54) is 11.2 Å². The van der Waals surface area contributed by atoms with Gasteiger partial charge in [-0.15, -0.1) is 10.2 Å². The third-order valence-corrected chi connectivity index (χ3v) is 4.30. The summed E-state index contributed by atoms with van der Waals surface area (Å²) in [5, 5.41) is 21.9. The number of hydrogen-bond donors (Lipinski definition) is 1. The lowest BCUT2D eigenvalue weighted by Crippen LogP contribution is -2.25. The summed E-state index contributed by atoms with van der Waals surface area (Å²) in [4.78, 5) is 13.1. The molecule has 1 N–H and O–H groups in total. The highest BCUT2D eigenvalue weighted by molar-refractivity contribution is 5.75. The molecule has 1 aromatic heterocycles. The van der Waals surface area contributed by atoms with Gasteiger partial charge in [0, 0.05) is 0 Å². The zero-order valence-corrected chi connectivity index (χ0v) is 12.4. The van der Waals surface area contributed by atoms with E-state index in [-0.39, 0.29) is 5.92 Å². The van der Waals surface area contributed by atoms with Crippen molar-refractivity contribution >= 4 is 5.97 Å². The van der Waals surface area contributed by atoms with E-state index >= 15 is 0 Å². The van der Waals surface area contributed by atoms with Crippen LogP contribution in [0.25, 0.3) is 0 Å². The topological polar surface area (TPSA) is 80.9 Å². The van der Waals surface area contributed by atoms with Crippen LogP contribution in [0.15, 0.2) is 30.3 Å². The highest BCUT2D eigenvalue weighted by atomic mass is 16.4. The lowest BCUT2D eigenvalue weighted by molar-refractivity contribution is -0.140. The monoisotopic (exact) mass is 300 g/mol. The van der Waals surface area contributed by atoms with E-state index in [0.717, 1.165) is 31.2 Å². The number of carbonyl (C=O) groups is 1. The molecule has 6 heteroatoms. The van der Waals surface area contributed by atoms with Crippen LogP contribution >= 0.6 is 0 Å². The summed E-state index contributed by atoms with van der Waals surface area (Å²) in [5.41, 5.74) is 1.07. The molecule has 1 aliphatic rings. The fourth-order valence-corrected chi connectivity index (χ4v) is 3.18. The second-order valence-electron chi connectivity index (χ2n) is 5.88. The minimum absolute atomic E-state index is 0.126. The van der Waals surface area contributed by atoms with Crippen molar-refractivity contribution in [2.75, 3.05) is 0 Å². The van der Waals surface area contributed by atoms with Gasteiger partial charge in [-0.25, -0.2) is 0 Å². The Balaban J connectivity index is 1.76. The van der Waals surface area contributed by atoms with Crippen molar-refractivity contribution < 1.29 is 9.90 Å². The van der Waals surface area contributed by atoms with Crippen molar-refractivity contribution in [2.24, 2.45) is 5.92 Å². The summed E-state index contributed by atoms with van der Waals surface area (Å²) in [5.74, 6) is -1.01. The van der Waals surface area contributed by atoms with Crippen LogP contribution in [-0.2, 0) is 11.3 Å². The number of aromatic nitrogens is 4. The number of benzene rings is 1. The van der Waals surface area contributed by atoms with Crippen molar-refractivity contribution in [3.05, 3.63) is 41.7 Å². The molecule has 1 aliphatic carbocycles. The van der Waals surface area contributed by atoms with Gasteiger partial charge in [-0.05, 0) is 29.5 Å². The van der Waals surface area contributed by atoms with Crippen LogP contribution in [0, 0.1) is 5.92 Å².